The molecule has 0 saturated heterocycles. The topological polar surface area (TPSA) is 153 Å². The summed E-state index contributed by atoms with van der Waals surface area (Å²) in [5.74, 6) is -2.42. The molecule has 1 aliphatic rings. The molecule has 11 heteroatoms. The van der Waals surface area contributed by atoms with E-state index in [-0.39, 0.29) is 11.4 Å². The number of aliphatic hydroxyl groups excluding tert-OH is 1. The zero-order chi connectivity index (χ0) is 24.2. The molecule has 0 fully saturated rings. The third-order valence-corrected chi connectivity index (χ3v) is 6.80. The summed E-state index contributed by atoms with van der Waals surface area (Å²) in [6.07, 6.45) is -3.55. The lowest BCUT2D eigenvalue weighted by molar-refractivity contribution is -0.139. The normalized spacial score (nSPS) is 16.4. The fraction of sp³-hybridized carbons (Fsp3) is 0.318. The van der Waals surface area contributed by atoms with Crippen molar-refractivity contribution in [3.63, 3.8) is 0 Å². The molecule has 3 rings (SSSR count). The number of sulfonamides is 1. The molecule has 176 valence electrons. The van der Waals surface area contributed by atoms with Crippen molar-refractivity contribution in [3.05, 3.63) is 65.7 Å². The van der Waals surface area contributed by atoms with E-state index in [4.69, 9.17) is 0 Å². The molecule has 10 nitrogen and oxygen atoms in total. The van der Waals surface area contributed by atoms with E-state index in [0.717, 1.165) is 12.5 Å². The van der Waals surface area contributed by atoms with Gasteiger partial charge in [-0.3, -0.25) is 14.4 Å². The number of hydrogen-bond donors (Lipinski definition) is 4. The Hall–Kier alpha value is -3.28. The number of amides is 2. The lowest BCUT2D eigenvalue weighted by Gasteiger charge is -2.39. The summed E-state index contributed by atoms with van der Waals surface area (Å²) in [4.78, 5) is 37.6. The number of aliphatic hydroxyl groups is 1. The summed E-state index contributed by atoms with van der Waals surface area (Å²) in [5, 5.41) is 22.9. The van der Waals surface area contributed by atoms with Crippen LogP contribution in [0.25, 0.3) is 0 Å². The van der Waals surface area contributed by atoms with Crippen LogP contribution in [0.3, 0.4) is 0 Å². The van der Waals surface area contributed by atoms with Crippen molar-refractivity contribution in [1.29, 1.82) is 0 Å². The Kier molecular flexibility index (Phi) is 7.46. The predicted molar refractivity (Wildman–Crippen MR) is 118 cm³/mol. The Morgan fingerprint density at radius 3 is 2.36 bits per heavy atom. The number of carbonyl (C=O) groups excluding carboxylic acids is 2. The summed E-state index contributed by atoms with van der Waals surface area (Å²) >= 11 is 0. The lowest BCUT2D eigenvalue weighted by Crippen LogP contribution is -2.62. The molecular formula is C22H25N3O7S. The van der Waals surface area contributed by atoms with Crippen molar-refractivity contribution in [2.24, 2.45) is 0 Å². The first-order valence-electron chi connectivity index (χ1n) is 10.2. The summed E-state index contributed by atoms with van der Waals surface area (Å²) in [6, 6.07) is 12.9. The van der Waals surface area contributed by atoms with Crippen LogP contribution in [0, 0.1) is 0 Å². The molecule has 4 N–H and O–H groups in total. The molecule has 3 unspecified atom stereocenters. The van der Waals surface area contributed by atoms with Gasteiger partial charge in [0.05, 0.1) is 17.4 Å². The summed E-state index contributed by atoms with van der Waals surface area (Å²) in [7, 11) is -4.18. The largest absolute Gasteiger partial charge is 0.481 e. The molecule has 2 aromatic rings. The maximum atomic E-state index is 13.1. The van der Waals surface area contributed by atoms with Crippen LogP contribution >= 0.6 is 0 Å². The molecule has 0 spiro atoms. The van der Waals surface area contributed by atoms with Crippen LogP contribution in [-0.4, -0.2) is 66.2 Å². The van der Waals surface area contributed by atoms with E-state index in [1.807, 2.05) is 0 Å². The molecule has 0 bridgehead atoms. The molecule has 33 heavy (non-hydrogen) atoms. The maximum Gasteiger partial charge on any atom is 0.305 e. The van der Waals surface area contributed by atoms with Crippen LogP contribution in [-0.2, 0) is 26.0 Å². The van der Waals surface area contributed by atoms with Gasteiger partial charge >= 0.3 is 5.97 Å². The highest BCUT2D eigenvalue weighted by atomic mass is 32.2. The average molecular weight is 476 g/mol. The molecular weight excluding hydrogens is 450 g/mol. The quantitative estimate of drug-likeness (QED) is 0.381. The van der Waals surface area contributed by atoms with E-state index in [0.29, 0.717) is 12.0 Å². The van der Waals surface area contributed by atoms with E-state index in [1.165, 1.54) is 29.2 Å². The Labute approximate surface area is 191 Å². The second-order valence-electron chi connectivity index (χ2n) is 7.67. The van der Waals surface area contributed by atoms with Crippen molar-refractivity contribution in [2.75, 3.05) is 6.54 Å². The van der Waals surface area contributed by atoms with Gasteiger partial charge in [0.15, 0.2) is 0 Å². The number of rotatable bonds is 9. The van der Waals surface area contributed by atoms with Crippen molar-refractivity contribution in [1.82, 2.24) is 14.9 Å². The Bertz CT molecular complexity index is 1140. The van der Waals surface area contributed by atoms with Crippen LogP contribution in [0.15, 0.2) is 59.5 Å². The second-order valence-corrected chi connectivity index (χ2v) is 9.39. The van der Waals surface area contributed by atoms with Crippen LogP contribution in [0.2, 0.25) is 0 Å². The van der Waals surface area contributed by atoms with E-state index in [1.54, 1.807) is 30.3 Å². The van der Waals surface area contributed by atoms with E-state index >= 15 is 0 Å². The molecule has 3 atom stereocenters. The minimum atomic E-state index is -4.18. The van der Waals surface area contributed by atoms with Crippen molar-refractivity contribution in [3.8, 4) is 0 Å². The first-order valence-corrected chi connectivity index (χ1v) is 11.7. The van der Waals surface area contributed by atoms with Crippen molar-refractivity contribution in [2.45, 2.75) is 43.0 Å². The Balaban J connectivity index is 1.93. The van der Waals surface area contributed by atoms with Gasteiger partial charge in [0.1, 0.15) is 12.3 Å². The van der Waals surface area contributed by atoms with Crippen LogP contribution < -0.4 is 10.0 Å². The molecule has 0 saturated carbocycles. The van der Waals surface area contributed by atoms with Gasteiger partial charge in [-0.05, 0) is 30.2 Å². The monoisotopic (exact) mass is 475 g/mol. The van der Waals surface area contributed by atoms with E-state index < -0.39 is 52.5 Å². The molecule has 0 aliphatic carbocycles. The smallest absolute Gasteiger partial charge is 0.305 e. The highest BCUT2D eigenvalue weighted by molar-refractivity contribution is 7.89. The van der Waals surface area contributed by atoms with Gasteiger partial charge in [0.25, 0.3) is 5.91 Å². The fourth-order valence-corrected chi connectivity index (χ4v) is 5.00. The third kappa shape index (κ3) is 5.75. The molecule has 0 radical (unpaired) electrons. The van der Waals surface area contributed by atoms with Gasteiger partial charge in [-0.1, -0.05) is 36.4 Å². The maximum absolute atomic E-state index is 13.1. The third-order valence-electron chi connectivity index (χ3n) is 5.34. The minimum Gasteiger partial charge on any atom is -0.481 e. The first-order chi connectivity index (χ1) is 15.6. The van der Waals surface area contributed by atoms with Crippen LogP contribution in [0.4, 0.5) is 0 Å². The molecule has 2 aromatic carbocycles. The number of carboxylic acid groups (broad SMARTS) is 1. The number of carboxylic acids is 1. The number of hydrogen-bond acceptors (Lipinski definition) is 6. The number of aliphatic carboxylic acids is 1. The molecule has 2 amide bonds. The predicted octanol–water partition coefficient (Wildman–Crippen LogP) is 0.330. The highest BCUT2D eigenvalue weighted by Gasteiger charge is 2.40. The highest BCUT2D eigenvalue weighted by Crippen LogP contribution is 2.24. The zero-order valence-electron chi connectivity index (χ0n) is 17.8. The van der Waals surface area contributed by atoms with E-state index in [2.05, 4.69) is 10.0 Å². The van der Waals surface area contributed by atoms with Crippen LogP contribution in [0.5, 0.6) is 0 Å². The zero-order valence-corrected chi connectivity index (χ0v) is 18.7. The second kappa shape index (κ2) is 10.1. The molecule has 1 aliphatic heterocycles. The Morgan fingerprint density at radius 2 is 1.73 bits per heavy atom. The minimum absolute atomic E-state index is 0.106. The lowest BCUT2D eigenvalue weighted by atomic mass is 9.94. The summed E-state index contributed by atoms with van der Waals surface area (Å²) < 4.78 is 27.8. The standard InChI is InChI=1S/C22H25N3O7S/c1-14(26)23-21(24-33(31,32)16-8-3-2-4-9-16)20(29)18(13-19(27)28)25-12-11-15-7-5-6-10-17(15)22(25)30/h2-10,18,20-21,24,29H,11-13H2,1H3,(H,23,26)(H,27,28). The van der Waals surface area contributed by atoms with Gasteiger partial charge in [0, 0.05) is 19.0 Å². The van der Waals surface area contributed by atoms with Crippen molar-refractivity contribution >= 4 is 27.8 Å². The van der Waals surface area contributed by atoms with Gasteiger partial charge in [-0.2, -0.15) is 4.72 Å². The van der Waals surface area contributed by atoms with Gasteiger partial charge < -0.3 is 20.4 Å². The molecule has 0 aromatic heterocycles. The van der Waals surface area contributed by atoms with E-state index in [9.17, 15) is 33.0 Å². The van der Waals surface area contributed by atoms with Gasteiger partial charge in [0.2, 0.25) is 15.9 Å². The number of benzene rings is 2. The van der Waals surface area contributed by atoms with Crippen molar-refractivity contribution < 1.29 is 33.0 Å². The number of nitrogens with zero attached hydrogens (tertiary/aromatic N) is 1. The number of nitrogens with one attached hydrogen (secondary N) is 2. The Morgan fingerprint density at radius 1 is 1.09 bits per heavy atom. The average Bonchev–Trinajstić information content (AvgIpc) is 2.77. The first kappa shape index (κ1) is 24.4. The molecule has 1 heterocycles. The SMILES string of the molecule is CC(=O)NC(NS(=O)(=O)c1ccccc1)C(O)C(CC(=O)O)N1CCc2ccccc2C1=O. The summed E-state index contributed by atoms with van der Waals surface area (Å²) in [5.41, 5.74) is 1.18. The summed E-state index contributed by atoms with van der Waals surface area (Å²) in [6.45, 7) is 1.26. The van der Waals surface area contributed by atoms with Crippen LogP contribution in [0.1, 0.15) is 29.3 Å². The van der Waals surface area contributed by atoms with Gasteiger partial charge in [-0.25, -0.2) is 8.42 Å². The number of fused-ring (bicyclic) bond motifs is 1. The van der Waals surface area contributed by atoms with Gasteiger partial charge in [-0.15, -0.1) is 0 Å². The number of carbonyl (C=O) groups is 3. The fourth-order valence-electron chi connectivity index (χ4n) is 3.82.